The third-order valence-electron chi connectivity index (χ3n) is 2.68. The van der Waals surface area contributed by atoms with Crippen molar-refractivity contribution in [2.45, 2.75) is 20.3 Å². The van der Waals surface area contributed by atoms with Crippen molar-refractivity contribution in [3.8, 4) is 0 Å². The molecule has 0 spiro atoms. The van der Waals surface area contributed by atoms with Crippen molar-refractivity contribution < 1.29 is 14.3 Å². The third kappa shape index (κ3) is 5.50. The molecule has 0 aromatic carbocycles. The largest absolute Gasteiger partial charge is 0.377 e. The second kappa shape index (κ2) is 9.47. The van der Waals surface area contributed by atoms with Crippen LogP contribution in [0.1, 0.15) is 20.3 Å². The van der Waals surface area contributed by atoms with Crippen molar-refractivity contribution in [2.75, 3.05) is 20.3 Å². The van der Waals surface area contributed by atoms with Crippen LogP contribution in [-0.2, 0) is 14.3 Å². The molecule has 0 aromatic heterocycles. The summed E-state index contributed by atoms with van der Waals surface area (Å²) in [7, 11) is 1.41. The van der Waals surface area contributed by atoms with Gasteiger partial charge < -0.3 is 16.3 Å². The van der Waals surface area contributed by atoms with E-state index in [1.165, 1.54) is 7.05 Å². The van der Waals surface area contributed by atoms with Crippen LogP contribution in [0.5, 0.6) is 0 Å². The lowest BCUT2D eigenvalue weighted by Gasteiger charge is -2.16. The maximum Gasteiger partial charge on any atom is 0.276 e. The highest BCUT2D eigenvalue weighted by molar-refractivity contribution is 6.46. The number of hydrogen-bond donors (Lipinski definition) is 5. The van der Waals surface area contributed by atoms with E-state index in [1.807, 2.05) is 0 Å². The highest BCUT2D eigenvalue weighted by atomic mass is 16.5. The number of hydrazine groups is 1. The van der Waals surface area contributed by atoms with Crippen molar-refractivity contribution in [3.05, 3.63) is 11.1 Å². The van der Waals surface area contributed by atoms with E-state index < -0.39 is 17.5 Å². The second-order valence-electron chi connectivity index (χ2n) is 4.20. The number of carbonyl (C=O) groups is 2. The molecule has 10 nitrogen and oxygen atoms in total. The first-order chi connectivity index (χ1) is 10.3. The second-order valence-corrected chi connectivity index (χ2v) is 4.20. The molecule has 0 aliphatic heterocycles. The normalized spacial score (nSPS) is 12.5. The van der Waals surface area contributed by atoms with Gasteiger partial charge in [-0.25, -0.2) is 5.84 Å². The fourth-order valence-electron chi connectivity index (χ4n) is 1.56. The van der Waals surface area contributed by atoms with Gasteiger partial charge in [-0.1, -0.05) is 6.92 Å². The minimum absolute atomic E-state index is 0.0701. The van der Waals surface area contributed by atoms with E-state index in [4.69, 9.17) is 27.6 Å². The van der Waals surface area contributed by atoms with Crippen LogP contribution in [0.3, 0.4) is 0 Å². The molecule has 0 heterocycles. The van der Waals surface area contributed by atoms with Gasteiger partial charge in [0.25, 0.3) is 5.91 Å². The van der Waals surface area contributed by atoms with Crippen LogP contribution in [0.15, 0.2) is 16.2 Å². The van der Waals surface area contributed by atoms with Crippen molar-refractivity contribution in [3.63, 3.8) is 0 Å². The molecule has 0 unspecified atom stereocenters. The number of carbonyl (C=O) groups excluding carboxylic acids is 2. The van der Waals surface area contributed by atoms with Gasteiger partial charge in [-0.2, -0.15) is 0 Å². The van der Waals surface area contributed by atoms with Gasteiger partial charge in [0.05, 0.1) is 6.61 Å². The minimum atomic E-state index is -0.811. The first kappa shape index (κ1) is 19.5. The van der Waals surface area contributed by atoms with Crippen LogP contribution < -0.4 is 22.7 Å². The first-order valence-corrected chi connectivity index (χ1v) is 6.56. The fourth-order valence-corrected chi connectivity index (χ4v) is 1.56. The van der Waals surface area contributed by atoms with Crippen molar-refractivity contribution in [1.29, 1.82) is 5.41 Å². The molecule has 0 aromatic rings. The van der Waals surface area contributed by atoms with Gasteiger partial charge in [0.1, 0.15) is 5.71 Å². The molecule has 0 saturated carbocycles. The van der Waals surface area contributed by atoms with Gasteiger partial charge >= 0.3 is 0 Å². The molecule has 10 heteroatoms. The summed E-state index contributed by atoms with van der Waals surface area (Å²) < 4.78 is 5.15. The number of nitrogens with two attached hydrogens (primary N) is 3. The van der Waals surface area contributed by atoms with E-state index in [-0.39, 0.29) is 30.1 Å². The van der Waals surface area contributed by atoms with Crippen LogP contribution >= 0.6 is 0 Å². The standard InChI is InChI=1S/C12H23N7O3/c1-4-7(8(10(14)20)6-22-5-2)9(13)11(21)17-12(18-15)19(3)16/h13H,4-6,15-16H2,1-3H3,(H2,14,20)(H,17,18,21)/b8-7-,13-9?. The van der Waals surface area contributed by atoms with Gasteiger partial charge in [-0.15, -0.1) is 5.10 Å². The smallest absolute Gasteiger partial charge is 0.276 e. The fraction of sp³-hybridized carbons (Fsp3) is 0.500. The Hall–Kier alpha value is -2.46. The number of hydrazone groups is 1. The van der Waals surface area contributed by atoms with Gasteiger partial charge in [0, 0.05) is 19.2 Å². The maximum atomic E-state index is 12.0. The Kier molecular flexibility index (Phi) is 8.41. The SMILES string of the molecule is CCOC/C(C(N)=O)=C(\CC)C(=N)C(=O)N/C(=N/N)N(C)N. The van der Waals surface area contributed by atoms with Crippen molar-refractivity contribution in [2.24, 2.45) is 22.5 Å². The van der Waals surface area contributed by atoms with Gasteiger partial charge in [0.2, 0.25) is 11.9 Å². The third-order valence-corrected chi connectivity index (χ3v) is 2.68. The van der Waals surface area contributed by atoms with Gasteiger partial charge in [-0.3, -0.25) is 25.3 Å². The number of nitrogens with zero attached hydrogens (tertiary/aromatic N) is 2. The Morgan fingerprint density at radius 2 is 1.91 bits per heavy atom. The predicted octanol–water partition coefficient (Wildman–Crippen LogP) is -1.61. The number of rotatable bonds is 7. The van der Waals surface area contributed by atoms with Crippen molar-refractivity contribution in [1.82, 2.24) is 10.3 Å². The number of guanidine groups is 1. The Bertz CT molecular complexity index is 497. The van der Waals surface area contributed by atoms with Gasteiger partial charge in [0.15, 0.2) is 0 Å². The lowest BCUT2D eigenvalue weighted by atomic mass is 10.00. The molecular formula is C12H23N7O3. The minimum Gasteiger partial charge on any atom is -0.377 e. The molecule has 0 saturated heterocycles. The number of amides is 2. The van der Waals surface area contributed by atoms with E-state index in [9.17, 15) is 9.59 Å². The zero-order valence-corrected chi connectivity index (χ0v) is 13.0. The molecule has 22 heavy (non-hydrogen) atoms. The molecule has 0 rings (SSSR count). The Balaban J connectivity index is 5.40. The number of nitrogens with one attached hydrogen (secondary N) is 2. The lowest BCUT2D eigenvalue weighted by Crippen LogP contribution is -2.48. The Labute approximate surface area is 128 Å². The number of hydrogen-bond acceptors (Lipinski definition) is 7. The number of ether oxygens (including phenoxy) is 1. The topological polar surface area (TPSA) is 173 Å². The van der Waals surface area contributed by atoms with Crippen LogP contribution in [0, 0.1) is 5.41 Å². The highest BCUT2D eigenvalue weighted by Gasteiger charge is 2.22. The quantitative estimate of drug-likeness (QED) is 0.124. The first-order valence-electron chi connectivity index (χ1n) is 6.56. The van der Waals surface area contributed by atoms with E-state index in [0.717, 1.165) is 5.01 Å². The lowest BCUT2D eigenvalue weighted by molar-refractivity contribution is -0.115. The summed E-state index contributed by atoms with van der Waals surface area (Å²) in [5.74, 6) is 8.80. The average molecular weight is 313 g/mol. The van der Waals surface area contributed by atoms with Crippen LogP contribution in [0.4, 0.5) is 0 Å². The molecular weight excluding hydrogens is 290 g/mol. The summed E-state index contributed by atoms with van der Waals surface area (Å²) in [4.78, 5) is 23.5. The van der Waals surface area contributed by atoms with Crippen LogP contribution in [0.25, 0.3) is 0 Å². The summed E-state index contributed by atoms with van der Waals surface area (Å²) >= 11 is 0. The summed E-state index contributed by atoms with van der Waals surface area (Å²) in [6.07, 6.45) is 0.255. The predicted molar refractivity (Wildman–Crippen MR) is 82.4 cm³/mol. The number of primary amides is 1. The molecule has 0 aliphatic rings. The molecule has 0 bridgehead atoms. The molecule has 0 radical (unpaired) electrons. The molecule has 124 valence electrons. The van der Waals surface area contributed by atoms with Crippen molar-refractivity contribution >= 4 is 23.5 Å². The van der Waals surface area contributed by atoms with Crippen LogP contribution in [0.2, 0.25) is 0 Å². The Morgan fingerprint density at radius 3 is 2.27 bits per heavy atom. The maximum absolute atomic E-state index is 12.0. The van der Waals surface area contributed by atoms with E-state index >= 15 is 0 Å². The highest BCUT2D eigenvalue weighted by Crippen LogP contribution is 2.11. The average Bonchev–Trinajstić information content (AvgIpc) is 2.47. The monoisotopic (exact) mass is 313 g/mol. The molecule has 0 atom stereocenters. The van der Waals surface area contributed by atoms with E-state index in [0.29, 0.717) is 6.61 Å². The molecule has 0 fully saturated rings. The zero-order valence-electron chi connectivity index (χ0n) is 13.0. The zero-order chi connectivity index (χ0) is 17.3. The Morgan fingerprint density at radius 1 is 1.32 bits per heavy atom. The van der Waals surface area contributed by atoms with E-state index in [2.05, 4.69) is 10.4 Å². The summed E-state index contributed by atoms with van der Waals surface area (Å²) in [6.45, 7) is 3.75. The summed E-state index contributed by atoms with van der Waals surface area (Å²) in [5, 5.41) is 14.5. The van der Waals surface area contributed by atoms with Crippen LogP contribution in [-0.4, -0.2) is 48.8 Å². The molecule has 2 amide bonds. The summed E-state index contributed by atoms with van der Waals surface area (Å²) in [6, 6.07) is 0. The summed E-state index contributed by atoms with van der Waals surface area (Å²) in [5.41, 5.74) is 5.13. The van der Waals surface area contributed by atoms with Gasteiger partial charge in [-0.05, 0) is 18.9 Å². The van der Waals surface area contributed by atoms with E-state index in [1.54, 1.807) is 13.8 Å². The molecule has 0 aliphatic carbocycles. The molecule has 8 N–H and O–H groups in total.